The van der Waals surface area contributed by atoms with E-state index in [1.54, 1.807) is 18.2 Å². The minimum absolute atomic E-state index is 0.0746. The molecular formula is C25H23N5O3. The number of fused-ring (bicyclic) bond motifs is 2. The van der Waals surface area contributed by atoms with Crippen LogP contribution in [0.2, 0.25) is 0 Å². The molecule has 0 unspecified atom stereocenters. The molecule has 0 atom stereocenters. The number of nitrogens with one attached hydrogen (secondary N) is 3. The third-order valence-electron chi connectivity index (χ3n) is 5.28. The largest absolute Gasteiger partial charge is 0.476 e. The van der Waals surface area contributed by atoms with Gasteiger partial charge in [0.2, 0.25) is 0 Å². The number of benzene rings is 3. The summed E-state index contributed by atoms with van der Waals surface area (Å²) < 4.78 is 0. The van der Waals surface area contributed by atoms with E-state index in [9.17, 15) is 9.59 Å². The van der Waals surface area contributed by atoms with Crippen LogP contribution in [0.3, 0.4) is 0 Å². The Morgan fingerprint density at radius 2 is 1.24 bits per heavy atom. The molecule has 0 bridgehead atoms. The number of aromatic nitrogens is 4. The van der Waals surface area contributed by atoms with Crippen LogP contribution in [0.4, 0.5) is 0 Å². The summed E-state index contributed by atoms with van der Waals surface area (Å²) in [7, 11) is 0. The highest BCUT2D eigenvalue weighted by Gasteiger charge is 2.25. The van der Waals surface area contributed by atoms with Gasteiger partial charge in [-0.25, -0.2) is 4.79 Å². The van der Waals surface area contributed by atoms with Crippen molar-refractivity contribution < 1.29 is 14.7 Å². The fraction of sp³-hybridized carbons (Fsp3) is 0.120. The van der Waals surface area contributed by atoms with Gasteiger partial charge >= 0.3 is 5.97 Å². The lowest BCUT2D eigenvalue weighted by Gasteiger charge is -2.26. The topological polar surface area (TPSA) is 124 Å². The van der Waals surface area contributed by atoms with E-state index in [1.807, 2.05) is 74.5 Å². The van der Waals surface area contributed by atoms with Crippen molar-refractivity contribution in [3.8, 4) is 0 Å². The van der Waals surface area contributed by atoms with E-state index in [0.717, 1.165) is 22.0 Å². The van der Waals surface area contributed by atoms with Gasteiger partial charge in [-0.1, -0.05) is 66.7 Å². The van der Waals surface area contributed by atoms with Crippen LogP contribution in [0, 0.1) is 0 Å². The minimum atomic E-state index is -1.01. The van der Waals surface area contributed by atoms with Crippen LogP contribution in [0.15, 0.2) is 78.9 Å². The second-order valence-corrected chi connectivity index (χ2v) is 7.99. The van der Waals surface area contributed by atoms with E-state index >= 15 is 0 Å². The first-order valence-electron chi connectivity index (χ1n) is 10.3. The maximum absolute atomic E-state index is 12.5. The number of rotatable bonds is 4. The van der Waals surface area contributed by atoms with Crippen molar-refractivity contribution in [3.05, 3.63) is 95.8 Å². The van der Waals surface area contributed by atoms with E-state index < -0.39 is 11.5 Å². The van der Waals surface area contributed by atoms with Gasteiger partial charge in [0.05, 0.1) is 16.6 Å². The molecule has 0 aliphatic carbocycles. The van der Waals surface area contributed by atoms with E-state index in [2.05, 4.69) is 25.7 Å². The van der Waals surface area contributed by atoms with Crippen LogP contribution in [-0.2, 0) is 5.54 Å². The number of nitrogens with zero attached hydrogens (tertiary/aromatic N) is 2. The van der Waals surface area contributed by atoms with Crippen molar-refractivity contribution in [2.24, 2.45) is 0 Å². The van der Waals surface area contributed by atoms with Crippen molar-refractivity contribution in [3.63, 3.8) is 0 Å². The average Bonchev–Trinajstić information content (AvgIpc) is 3.44. The highest BCUT2D eigenvalue weighted by atomic mass is 16.4. The molecule has 166 valence electrons. The summed E-state index contributed by atoms with van der Waals surface area (Å²) in [6.45, 7) is 3.96. The number of hydrogen-bond donors (Lipinski definition) is 4. The van der Waals surface area contributed by atoms with Gasteiger partial charge in [0.1, 0.15) is 0 Å². The summed E-state index contributed by atoms with van der Waals surface area (Å²) in [5, 5.41) is 26.5. The number of H-pyrrole nitrogens is 2. The van der Waals surface area contributed by atoms with Crippen molar-refractivity contribution in [2.75, 3.05) is 0 Å². The summed E-state index contributed by atoms with van der Waals surface area (Å²) in [6, 6.07) is 24.6. The normalized spacial score (nSPS) is 11.1. The maximum Gasteiger partial charge on any atom is 0.357 e. The third-order valence-corrected chi connectivity index (χ3v) is 5.28. The average molecular weight is 441 g/mol. The summed E-state index contributed by atoms with van der Waals surface area (Å²) in [6.07, 6.45) is 0. The monoisotopic (exact) mass is 441 g/mol. The van der Waals surface area contributed by atoms with Crippen LogP contribution < -0.4 is 5.32 Å². The highest BCUT2D eigenvalue weighted by Crippen LogP contribution is 2.22. The predicted molar refractivity (Wildman–Crippen MR) is 126 cm³/mol. The lowest BCUT2D eigenvalue weighted by atomic mass is 9.94. The van der Waals surface area contributed by atoms with Crippen molar-refractivity contribution in [1.29, 1.82) is 0 Å². The van der Waals surface area contributed by atoms with Gasteiger partial charge in [0.25, 0.3) is 5.91 Å². The number of hydrogen-bond acceptors (Lipinski definition) is 4. The van der Waals surface area contributed by atoms with Crippen LogP contribution in [0.25, 0.3) is 21.8 Å². The van der Waals surface area contributed by atoms with Crippen LogP contribution in [0.5, 0.6) is 0 Å². The van der Waals surface area contributed by atoms with Crippen LogP contribution in [0.1, 0.15) is 40.4 Å². The Kier molecular flexibility index (Phi) is 5.91. The summed E-state index contributed by atoms with van der Waals surface area (Å²) in [4.78, 5) is 23.1. The Bertz CT molecular complexity index is 1420. The smallest absolute Gasteiger partial charge is 0.357 e. The molecule has 8 heteroatoms. The maximum atomic E-state index is 12.5. The van der Waals surface area contributed by atoms with Crippen LogP contribution >= 0.6 is 0 Å². The molecule has 2 heterocycles. The summed E-state index contributed by atoms with van der Waals surface area (Å²) in [5.74, 6) is -1.19. The van der Waals surface area contributed by atoms with E-state index in [0.29, 0.717) is 11.1 Å². The standard InChI is InChI=1S/C17H17N3O.C8H6N2O2/c1-17(2,12-8-4-3-5-9-12)18-16(21)15-13-10-6-7-11-14(13)19-20-15;11-8(12)7-5-3-1-2-4-6(5)9-10-7/h3-11H,1-2H3,(H,18,21)(H,19,20);1-4H,(H,9,10)(H,11,12). The highest BCUT2D eigenvalue weighted by molar-refractivity contribution is 6.05. The van der Waals surface area contributed by atoms with Gasteiger partial charge in [-0.05, 0) is 31.5 Å². The second-order valence-electron chi connectivity index (χ2n) is 7.99. The van der Waals surface area contributed by atoms with E-state index in [4.69, 9.17) is 5.11 Å². The Hall–Kier alpha value is -4.46. The molecule has 0 aliphatic rings. The van der Waals surface area contributed by atoms with E-state index in [1.165, 1.54) is 0 Å². The fourth-order valence-electron chi connectivity index (χ4n) is 3.53. The molecule has 4 N–H and O–H groups in total. The van der Waals surface area contributed by atoms with Crippen molar-refractivity contribution in [1.82, 2.24) is 25.7 Å². The number of carboxylic acids is 1. The number of carbonyl (C=O) groups excluding carboxylic acids is 1. The quantitative estimate of drug-likeness (QED) is 0.327. The first kappa shape index (κ1) is 21.8. The van der Waals surface area contributed by atoms with Gasteiger partial charge < -0.3 is 10.4 Å². The van der Waals surface area contributed by atoms with Gasteiger partial charge in [-0.3, -0.25) is 15.0 Å². The lowest BCUT2D eigenvalue weighted by Crippen LogP contribution is -2.41. The first-order chi connectivity index (χ1) is 15.9. The summed E-state index contributed by atoms with van der Waals surface area (Å²) in [5.41, 5.74) is 2.70. The predicted octanol–water partition coefficient (Wildman–Crippen LogP) is 4.49. The van der Waals surface area contributed by atoms with Crippen LogP contribution in [-0.4, -0.2) is 37.4 Å². The van der Waals surface area contributed by atoms with Gasteiger partial charge in [-0.2, -0.15) is 10.2 Å². The number of para-hydroxylation sites is 2. The minimum Gasteiger partial charge on any atom is -0.476 e. The Morgan fingerprint density at radius 1 is 0.758 bits per heavy atom. The fourth-order valence-corrected chi connectivity index (χ4v) is 3.53. The third kappa shape index (κ3) is 4.59. The molecule has 0 fully saturated rings. The summed E-state index contributed by atoms with van der Waals surface area (Å²) >= 11 is 0. The number of carboxylic acid groups (broad SMARTS) is 1. The van der Waals surface area contributed by atoms with Gasteiger partial charge in [0, 0.05) is 10.8 Å². The molecule has 33 heavy (non-hydrogen) atoms. The van der Waals surface area contributed by atoms with Crippen molar-refractivity contribution >= 4 is 33.7 Å². The molecule has 3 aromatic carbocycles. The molecule has 8 nitrogen and oxygen atoms in total. The number of aromatic amines is 2. The molecule has 5 rings (SSSR count). The van der Waals surface area contributed by atoms with E-state index in [-0.39, 0.29) is 11.6 Å². The molecule has 0 saturated carbocycles. The number of carbonyl (C=O) groups is 2. The zero-order valence-electron chi connectivity index (χ0n) is 18.2. The first-order valence-corrected chi connectivity index (χ1v) is 10.3. The van der Waals surface area contributed by atoms with Gasteiger partial charge in [-0.15, -0.1) is 0 Å². The molecule has 0 spiro atoms. The zero-order valence-corrected chi connectivity index (χ0v) is 18.2. The molecule has 0 radical (unpaired) electrons. The molecule has 0 aliphatic heterocycles. The molecule has 1 amide bonds. The Labute approximate surface area is 189 Å². The lowest BCUT2D eigenvalue weighted by molar-refractivity contribution is 0.0692. The number of aromatic carboxylic acids is 1. The molecule has 2 aromatic heterocycles. The Morgan fingerprint density at radius 3 is 1.82 bits per heavy atom. The second kappa shape index (κ2) is 8.96. The molecular weight excluding hydrogens is 418 g/mol. The Balaban J connectivity index is 0.000000183. The van der Waals surface area contributed by atoms with Gasteiger partial charge in [0.15, 0.2) is 11.4 Å². The molecule has 0 saturated heterocycles. The number of amides is 1. The zero-order chi connectivity index (χ0) is 23.4. The SMILES string of the molecule is CC(C)(NC(=O)c1n[nH]c2ccccc12)c1ccccc1.O=C(O)c1n[nH]c2ccccc12. The molecule has 5 aromatic rings. The van der Waals surface area contributed by atoms with Crippen molar-refractivity contribution in [2.45, 2.75) is 19.4 Å².